The van der Waals surface area contributed by atoms with Crippen molar-refractivity contribution in [1.82, 2.24) is 9.97 Å². The summed E-state index contributed by atoms with van der Waals surface area (Å²) in [5.74, 6) is 2.95. The van der Waals surface area contributed by atoms with Gasteiger partial charge in [-0.1, -0.05) is 12.1 Å². The summed E-state index contributed by atoms with van der Waals surface area (Å²) in [6, 6.07) is 9.64. The first-order chi connectivity index (χ1) is 12.0. The zero-order valence-corrected chi connectivity index (χ0v) is 14.8. The van der Waals surface area contributed by atoms with Crippen molar-refractivity contribution in [2.75, 3.05) is 11.9 Å². The number of aromatic nitrogens is 2. The standard InChI is InChI=1S/C20H25N3O2/c1-12-7-19(22-20(21-12)17-5-3-4-6-18(17)25)23(2)15-8-13-10-16(24)11-14(13)9-15/h3-7,13-16,24-25H,8-11H2,1-2H3/t13-,14+,15?,16?. The van der Waals surface area contributed by atoms with Crippen LogP contribution in [0.25, 0.3) is 11.4 Å². The zero-order chi connectivity index (χ0) is 17.6. The maximum atomic E-state index is 10.1. The highest BCUT2D eigenvalue weighted by molar-refractivity contribution is 5.65. The van der Waals surface area contributed by atoms with Crippen LogP contribution in [0.2, 0.25) is 0 Å². The molecule has 1 heterocycles. The molecule has 5 heteroatoms. The number of aliphatic hydroxyl groups excluding tert-OH is 1. The summed E-state index contributed by atoms with van der Waals surface area (Å²) < 4.78 is 0. The molecule has 0 spiro atoms. The second kappa shape index (κ2) is 6.30. The van der Waals surface area contributed by atoms with Crippen LogP contribution in [0.5, 0.6) is 5.75 Å². The lowest BCUT2D eigenvalue weighted by Crippen LogP contribution is -2.31. The van der Waals surface area contributed by atoms with E-state index in [2.05, 4.69) is 16.9 Å². The van der Waals surface area contributed by atoms with Crippen LogP contribution in [0.3, 0.4) is 0 Å². The van der Waals surface area contributed by atoms with Crippen LogP contribution < -0.4 is 4.90 Å². The Labute approximate surface area is 148 Å². The number of nitrogens with zero attached hydrogens (tertiary/aromatic N) is 3. The van der Waals surface area contributed by atoms with E-state index in [1.807, 2.05) is 25.1 Å². The zero-order valence-electron chi connectivity index (χ0n) is 14.8. The van der Waals surface area contributed by atoms with Crippen LogP contribution in [-0.4, -0.2) is 39.4 Å². The molecule has 5 nitrogen and oxygen atoms in total. The molecule has 1 aromatic heterocycles. The lowest BCUT2D eigenvalue weighted by Gasteiger charge is -2.27. The number of benzene rings is 1. The van der Waals surface area contributed by atoms with E-state index in [-0.39, 0.29) is 11.9 Å². The summed E-state index contributed by atoms with van der Waals surface area (Å²) in [6.07, 6.45) is 4.03. The van der Waals surface area contributed by atoms with Gasteiger partial charge in [-0.3, -0.25) is 0 Å². The molecular weight excluding hydrogens is 314 g/mol. The van der Waals surface area contributed by atoms with E-state index in [1.165, 1.54) is 0 Å². The van der Waals surface area contributed by atoms with Gasteiger partial charge in [-0.15, -0.1) is 0 Å². The molecule has 1 aromatic carbocycles. The average Bonchev–Trinajstić information content (AvgIpc) is 3.11. The summed E-state index contributed by atoms with van der Waals surface area (Å²) in [6.45, 7) is 1.96. The number of hydrogen-bond donors (Lipinski definition) is 2. The molecule has 2 N–H and O–H groups in total. The Kier molecular flexibility index (Phi) is 4.12. The largest absolute Gasteiger partial charge is 0.507 e. The molecular formula is C20H25N3O2. The summed E-state index contributed by atoms with van der Waals surface area (Å²) >= 11 is 0. The quantitative estimate of drug-likeness (QED) is 0.899. The van der Waals surface area contributed by atoms with Gasteiger partial charge in [0, 0.05) is 24.8 Å². The Morgan fingerprint density at radius 3 is 2.40 bits per heavy atom. The molecule has 0 bridgehead atoms. The summed E-state index contributed by atoms with van der Waals surface area (Å²) in [7, 11) is 2.10. The lowest BCUT2D eigenvalue weighted by molar-refractivity contribution is 0.171. The van der Waals surface area contributed by atoms with Crippen LogP contribution in [0.1, 0.15) is 31.4 Å². The van der Waals surface area contributed by atoms with E-state index in [1.54, 1.807) is 12.1 Å². The fourth-order valence-electron chi connectivity index (χ4n) is 4.57. The number of phenols is 1. The first-order valence-electron chi connectivity index (χ1n) is 9.06. The lowest BCUT2D eigenvalue weighted by atomic mass is 10.0. The molecule has 4 rings (SSSR count). The molecule has 2 unspecified atom stereocenters. The van der Waals surface area contributed by atoms with Crippen molar-refractivity contribution in [3.8, 4) is 17.1 Å². The van der Waals surface area contributed by atoms with Crippen molar-refractivity contribution in [1.29, 1.82) is 0 Å². The minimum absolute atomic E-state index is 0.102. The molecule has 132 valence electrons. The van der Waals surface area contributed by atoms with Crippen LogP contribution in [0.15, 0.2) is 30.3 Å². The van der Waals surface area contributed by atoms with Crippen molar-refractivity contribution in [2.24, 2.45) is 11.8 Å². The van der Waals surface area contributed by atoms with Crippen LogP contribution in [0, 0.1) is 18.8 Å². The number of aromatic hydroxyl groups is 1. The minimum atomic E-state index is -0.102. The number of anilines is 1. The molecule has 2 aromatic rings. The highest BCUT2D eigenvalue weighted by Crippen LogP contribution is 2.46. The Morgan fingerprint density at radius 2 is 1.72 bits per heavy atom. The van der Waals surface area contributed by atoms with Gasteiger partial charge in [-0.25, -0.2) is 9.97 Å². The summed E-state index contributed by atoms with van der Waals surface area (Å²) in [5, 5.41) is 20.0. The molecule has 0 saturated heterocycles. The second-order valence-corrected chi connectivity index (χ2v) is 7.59. The van der Waals surface area contributed by atoms with Gasteiger partial charge in [0.05, 0.1) is 11.7 Å². The SMILES string of the molecule is Cc1cc(N(C)C2C[C@H]3CC(O)C[C@H]3C2)nc(-c2ccccc2O)n1. The van der Waals surface area contributed by atoms with Gasteiger partial charge in [0.1, 0.15) is 11.6 Å². The number of hydrogen-bond acceptors (Lipinski definition) is 5. The summed E-state index contributed by atoms with van der Waals surface area (Å²) in [4.78, 5) is 11.5. The fraction of sp³-hybridized carbons (Fsp3) is 0.500. The molecule has 2 fully saturated rings. The normalized spacial score (nSPS) is 28.1. The van der Waals surface area contributed by atoms with Crippen molar-refractivity contribution in [3.63, 3.8) is 0 Å². The van der Waals surface area contributed by atoms with Crippen LogP contribution >= 0.6 is 0 Å². The first kappa shape index (κ1) is 16.3. The molecule has 2 saturated carbocycles. The third-order valence-electron chi connectivity index (χ3n) is 5.86. The first-order valence-corrected chi connectivity index (χ1v) is 9.06. The number of phenolic OH excluding ortho intramolecular Hbond substituents is 1. The van der Waals surface area contributed by atoms with E-state index in [0.717, 1.165) is 37.2 Å². The Balaban J connectivity index is 1.60. The number of aryl methyl sites for hydroxylation is 1. The molecule has 0 radical (unpaired) electrons. The minimum Gasteiger partial charge on any atom is -0.507 e. The highest BCUT2D eigenvalue weighted by Gasteiger charge is 2.42. The van der Waals surface area contributed by atoms with Gasteiger partial charge in [0.2, 0.25) is 0 Å². The van der Waals surface area contributed by atoms with Crippen LogP contribution in [-0.2, 0) is 0 Å². The van der Waals surface area contributed by atoms with Crippen LogP contribution in [0.4, 0.5) is 5.82 Å². The van der Waals surface area contributed by atoms with E-state index in [4.69, 9.17) is 4.98 Å². The maximum Gasteiger partial charge on any atom is 0.165 e. The topological polar surface area (TPSA) is 69.5 Å². The van der Waals surface area contributed by atoms with Crippen molar-refractivity contribution < 1.29 is 10.2 Å². The Hall–Kier alpha value is -2.14. The third-order valence-corrected chi connectivity index (χ3v) is 5.86. The molecule has 25 heavy (non-hydrogen) atoms. The van der Waals surface area contributed by atoms with Gasteiger partial charge < -0.3 is 15.1 Å². The number of rotatable bonds is 3. The monoisotopic (exact) mass is 339 g/mol. The Morgan fingerprint density at radius 1 is 1.04 bits per heavy atom. The highest BCUT2D eigenvalue weighted by atomic mass is 16.3. The van der Waals surface area contributed by atoms with Gasteiger partial charge in [-0.05, 0) is 56.6 Å². The van der Waals surface area contributed by atoms with Crippen molar-refractivity contribution >= 4 is 5.82 Å². The van der Waals surface area contributed by atoms with E-state index >= 15 is 0 Å². The molecule has 0 aliphatic heterocycles. The van der Waals surface area contributed by atoms with Gasteiger partial charge in [0.25, 0.3) is 0 Å². The molecule has 0 amide bonds. The Bertz CT molecular complexity index is 765. The fourth-order valence-corrected chi connectivity index (χ4v) is 4.57. The predicted molar refractivity (Wildman–Crippen MR) is 97.5 cm³/mol. The van der Waals surface area contributed by atoms with Crippen molar-refractivity contribution in [2.45, 2.75) is 44.8 Å². The van der Waals surface area contributed by atoms with Crippen molar-refractivity contribution in [3.05, 3.63) is 36.0 Å². The van der Waals surface area contributed by atoms with E-state index in [0.29, 0.717) is 29.3 Å². The number of fused-ring (bicyclic) bond motifs is 1. The molecule has 2 aliphatic carbocycles. The van der Waals surface area contributed by atoms with E-state index in [9.17, 15) is 10.2 Å². The molecule has 2 aliphatic rings. The predicted octanol–water partition coefficient (Wildman–Crippen LogP) is 3.14. The maximum absolute atomic E-state index is 10.1. The molecule has 4 atom stereocenters. The van der Waals surface area contributed by atoms with Gasteiger partial charge in [0.15, 0.2) is 5.82 Å². The van der Waals surface area contributed by atoms with Gasteiger partial charge >= 0.3 is 0 Å². The van der Waals surface area contributed by atoms with E-state index < -0.39 is 0 Å². The number of aliphatic hydroxyl groups is 1. The summed E-state index contributed by atoms with van der Waals surface area (Å²) in [5.41, 5.74) is 1.55. The van der Waals surface area contributed by atoms with Gasteiger partial charge in [-0.2, -0.15) is 0 Å². The average molecular weight is 339 g/mol. The second-order valence-electron chi connectivity index (χ2n) is 7.59. The third kappa shape index (κ3) is 3.09. The smallest absolute Gasteiger partial charge is 0.165 e. The number of para-hydroxylation sites is 1.